The average Bonchev–Trinajstić information content (AvgIpc) is 3.32. The lowest BCUT2D eigenvalue weighted by Crippen LogP contribution is -2.09. The molecule has 0 amide bonds. The zero-order chi connectivity index (χ0) is 28.0. The van der Waals surface area contributed by atoms with Gasteiger partial charge in [-0.15, -0.1) is 11.3 Å². The zero-order valence-electron chi connectivity index (χ0n) is 22.3. The summed E-state index contributed by atoms with van der Waals surface area (Å²) in [5.74, 6) is 0.520. The van der Waals surface area contributed by atoms with Crippen molar-refractivity contribution in [2.45, 2.75) is 45.4 Å². The summed E-state index contributed by atoms with van der Waals surface area (Å²) in [6, 6.07) is 11.4. The van der Waals surface area contributed by atoms with E-state index < -0.39 is 15.8 Å². The van der Waals surface area contributed by atoms with Crippen LogP contribution in [0.15, 0.2) is 65.8 Å². The number of pyridine rings is 1. The highest BCUT2D eigenvalue weighted by Crippen LogP contribution is 2.39. The van der Waals surface area contributed by atoms with Crippen molar-refractivity contribution in [2.75, 3.05) is 18.6 Å². The second kappa shape index (κ2) is 12.6. The summed E-state index contributed by atoms with van der Waals surface area (Å²) < 4.78 is 34.5. The van der Waals surface area contributed by atoms with E-state index in [1.54, 1.807) is 17.6 Å². The molecule has 1 aliphatic carbocycles. The molecular formula is C30H33NO6S2. The number of hydrogen-bond donors (Lipinski definition) is 1. The number of carbonyl (C=O) groups is 1. The molecule has 7 nitrogen and oxygen atoms in total. The third kappa shape index (κ3) is 7.80. The van der Waals surface area contributed by atoms with Gasteiger partial charge >= 0.3 is 5.97 Å². The summed E-state index contributed by atoms with van der Waals surface area (Å²) in [6.45, 7) is 4.33. The topological polar surface area (TPSA) is 103 Å². The zero-order valence-corrected chi connectivity index (χ0v) is 24.0. The summed E-state index contributed by atoms with van der Waals surface area (Å²) in [5, 5.41) is 11.2. The van der Waals surface area contributed by atoms with Crippen LogP contribution in [0.3, 0.4) is 0 Å². The third-order valence-corrected chi connectivity index (χ3v) is 8.61. The molecule has 0 aliphatic heterocycles. The molecule has 0 spiro atoms. The van der Waals surface area contributed by atoms with E-state index in [1.165, 1.54) is 6.26 Å². The van der Waals surface area contributed by atoms with Gasteiger partial charge in [0, 0.05) is 28.7 Å². The first kappa shape index (κ1) is 28.6. The van der Waals surface area contributed by atoms with Gasteiger partial charge in [0.2, 0.25) is 5.88 Å². The van der Waals surface area contributed by atoms with Gasteiger partial charge in [0.1, 0.15) is 15.6 Å². The van der Waals surface area contributed by atoms with Crippen molar-refractivity contribution in [3.8, 4) is 22.9 Å². The number of benzene rings is 1. The van der Waals surface area contributed by atoms with Crippen LogP contribution in [0.5, 0.6) is 11.6 Å². The van der Waals surface area contributed by atoms with Crippen LogP contribution in [0.2, 0.25) is 0 Å². The van der Waals surface area contributed by atoms with Gasteiger partial charge in [-0.1, -0.05) is 18.2 Å². The number of hydrogen-bond acceptors (Lipinski definition) is 7. The first-order valence-corrected chi connectivity index (χ1v) is 15.8. The maximum absolute atomic E-state index is 11.3. The average molecular weight is 568 g/mol. The molecule has 4 rings (SSSR count). The van der Waals surface area contributed by atoms with Crippen LogP contribution in [-0.4, -0.2) is 43.1 Å². The molecule has 2 heterocycles. The molecule has 1 aliphatic rings. The second-order valence-electron chi connectivity index (χ2n) is 9.77. The Labute approximate surface area is 233 Å². The number of rotatable bonds is 11. The molecule has 0 radical (unpaired) electrons. The lowest BCUT2D eigenvalue weighted by atomic mass is 9.87. The van der Waals surface area contributed by atoms with Crippen LogP contribution >= 0.6 is 11.3 Å². The Morgan fingerprint density at radius 3 is 2.69 bits per heavy atom. The van der Waals surface area contributed by atoms with Crippen molar-refractivity contribution in [3.63, 3.8) is 0 Å². The molecule has 9 heteroatoms. The van der Waals surface area contributed by atoms with Crippen molar-refractivity contribution in [3.05, 3.63) is 87.3 Å². The maximum atomic E-state index is 11.3. The Bertz CT molecular complexity index is 1480. The van der Waals surface area contributed by atoms with Gasteiger partial charge in [0.25, 0.3) is 0 Å². The Morgan fingerprint density at radius 1 is 1.21 bits per heavy atom. The van der Waals surface area contributed by atoms with Crippen molar-refractivity contribution in [1.29, 1.82) is 0 Å². The summed E-state index contributed by atoms with van der Waals surface area (Å²) in [7, 11) is -3.00. The summed E-state index contributed by atoms with van der Waals surface area (Å²) in [5.41, 5.74) is 5.61. The van der Waals surface area contributed by atoms with Gasteiger partial charge in [-0.2, -0.15) is 0 Å². The number of carboxylic acid groups (broad SMARTS) is 1. The fourth-order valence-electron chi connectivity index (χ4n) is 4.80. The van der Waals surface area contributed by atoms with Crippen LogP contribution in [0, 0.1) is 13.8 Å². The quantitative estimate of drug-likeness (QED) is 0.215. The predicted octanol–water partition coefficient (Wildman–Crippen LogP) is 6.26. The van der Waals surface area contributed by atoms with Gasteiger partial charge in [-0.25, -0.2) is 13.4 Å². The van der Waals surface area contributed by atoms with Crippen LogP contribution < -0.4 is 9.47 Å². The van der Waals surface area contributed by atoms with E-state index in [0.29, 0.717) is 24.7 Å². The molecule has 0 bridgehead atoms. The second-order valence-corrected chi connectivity index (χ2v) is 13.0. The van der Waals surface area contributed by atoms with Gasteiger partial charge in [-0.3, -0.25) is 4.79 Å². The van der Waals surface area contributed by atoms with E-state index in [9.17, 15) is 18.3 Å². The van der Waals surface area contributed by atoms with Crippen LogP contribution in [0.4, 0.5) is 0 Å². The number of aryl methyl sites for hydroxylation is 2. The van der Waals surface area contributed by atoms with Crippen LogP contribution in [0.25, 0.3) is 11.3 Å². The predicted molar refractivity (Wildman–Crippen MR) is 154 cm³/mol. The number of nitrogens with zero attached hydrogens (tertiary/aromatic N) is 1. The molecule has 206 valence electrons. The molecule has 1 N–H and O–H groups in total. The number of sulfone groups is 1. The smallest absolute Gasteiger partial charge is 0.307 e. The SMILES string of the molecule is Cc1cc(OCCCS(C)(=O)=O)cc(C)c1-c1cccc(OC=C2C=CCCC2c2sccc2CC(=O)O)n1. The number of aromatic nitrogens is 1. The number of ether oxygens (including phenoxy) is 2. The molecule has 0 saturated heterocycles. The Hall–Kier alpha value is -3.43. The monoisotopic (exact) mass is 567 g/mol. The largest absolute Gasteiger partial charge is 0.494 e. The molecule has 1 atom stereocenters. The van der Waals surface area contributed by atoms with Gasteiger partial charge in [0.05, 0.1) is 30.7 Å². The molecule has 0 fully saturated rings. The normalized spacial score (nSPS) is 16.4. The Balaban J connectivity index is 1.50. The van der Waals surface area contributed by atoms with Gasteiger partial charge < -0.3 is 14.6 Å². The molecule has 1 unspecified atom stereocenters. The third-order valence-electron chi connectivity index (χ3n) is 6.50. The van der Waals surface area contributed by atoms with Crippen molar-refractivity contribution < 1.29 is 27.8 Å². The van der Waals surface area contributed by atoms with E-state index in [2.05, 4.69) is 6.08 Å². The molecule has 2 aromatic heterocycles. The highest BCUT2D eigenvalue weighted by molar-refractivity contribution is 7.90. The van der Waals surface area contributed by atoms with Crippen molar-refractivity contribution in [2.24, 2.45) is 0 Å². The van der Waals surface area contributed by atoms with Crippen LogP contribution in [-0.2, 0) is 21.1 Å². The minimum atomic E-state index is -3.00. The van der Waals surface area contributed by atoms with E-state index in [0.717, 1.165) is 51.2 Å². The van der Waals surface area contributed by atoms with E-state index in [-0.39, 0.29) is 18.1 Å². The standard InChI is InChI=1S/C30H33NO6S2/c1-20-16-24(36-13-7-15-39(3,34)35)17-21(2)29(20)26-10-6-11-27(31-26)37-19-23-8-4-5-9-25(23)30-22(12-14-38-30)18-28(32)33/h4,6,8,10-12,14,16-17,19,25H,5,7,9,13,15,18H2,1-3H3,(H,32,33). The number of carboxylic acids is 1. The van der Waals surface area contributed by atoms with E-state index in [4.69, 9.17) is 14.5 Å². The Kier molecular flexibility index (Phi) is 9.24. The van der Waals surface area contributed by atoms with Crippen molar-refractivity contribution in [1.82, 2.24) is 4.98 Å². The summed E-state index contributed by atoms with van der Waals surface area (Å²) in [6.07, 6.45) is 9.39. The number of aliphatic carboxylic acids is 1. The minimum Gasteiger partial charge on any atom is -0.494 e. The molecule has 0 saturated carbocycles. The molecule has 1 aromatic carbocycles. The lowest BCUT2D eigenvalue weighted by Gasteiger charge is -2.21. The van der Waals surface area contributed by atoms with Crippen LogP contribution in [0.1, 0.15) is 46.7 Å². The summed E-state index contributed by atoms with van der Waals surface area (Å²) in [4.78, 5) is 17.1. The fraction of sp³-hybridized carbons (Fsp3) is 0.333. The highest BCUT2D eigenvalue weighted by Gasteiger charge is 2.23. The lowest BCUT2D eigenvalue weighted by molar-refractivity contribution is -0.136. The van der Waals surface area contributed by atoms with E-state index >= 15 is 0 Å². The highest BCUT2D eigenvalue weighted by atomic mass is 32.2. The van der Waals surface area contributed by atoms with Gasteiger partial charge in [-0.05, 0) is 85.0 Å². The minimum absolute atomic E-state index is 0.0139. The number of thiophene rings is 1. The molecule has 39 heavy (non-hydrogen) atoms. The molecular weight excluding hydrogens is 534 g/mol. The van der Waals surface area contributed by atoms with Crippen molar-refractivity contribution >= 4 is 27.1 Å². The number of allylic oxidation sites excluding steroid dienone is 3. The van der Waals surface area contributed by atoms with Gasteiger partial charge in [0.15, 0.2) is 0 Å². The fourth-order valence-corrected chi connectivity index (χ4v) is 6.53. The summed E-state index contributed by atoms with van der Waals surface area (Å²) >= 11 is 1.59. The molecule has 3 aromatic rings. The first-order chi connectivity index (χ1) is 18.6. The maximum Gasteiger partial charge on any atom is 0.307 e. The first-order valence-electron chi connectivity index (χ1n) is 12.8. The van der Waals surface area contributed by atoms with E-state index in [1.807, 2.05) is 61.7 Å². The Morgan fingerprint density at radius 2 is 1.97 bits per heavy atom.